The molecule has 0 fully saturated rings. The summed E-state index contributed by atoms with van der Waals surface area (Å²) in [4.78, 5) is 16.9. The van der Waals surface area contributed by atoms with Gasteiger partial charge in [0, 0.05) is 27.2 Å². The Hall–Kier alpha value is -2.98. The van der Waals surface area contributed by atoms with Crippen LogP contribution in [0.25, 0.3) is 11.3 Å². The number of sulfonamides is 1. The van der Waals surface area contributed by atoms with E-state index in [1.807, 2.05) is 0 Å². The number of thiazole rings is 1. The van der Waals surface area contributed by atoms with Crippen LogP contribution in [0, 0.1) is 5.82 Å². The number of anilines is 2. The molecular weight excluding hydrogens is 508 g/mol. The van der Waals surface area contributed by atoms with Crippen LogP contribution in [-0.2, 0) is 10.0 Å². The third kappa shape index (κ3) is 5.51. The first kappa shape index (κ1) is 23.2. The van der Waals surface area contributed by atoms with Gasteiger partial charge in [-0.2, -0.15) is 0 Å². The molecule has 0 aliphatic carbocycles. The number of aromatic nitrogens is 1. The quantitative estimate of drug-likeness (QED) is 0.311. The summed E-state index contributed by atoms with van der Waals surface area (Å²) >= 11 is 13.5. The Morgan fingerprint density at radius 1 is 0.970 bits per heavy atom. The fourth-order valence-corrected chi connectivity index (χ4v) is 4.99. The zero-order chi connectivity index (χ0) is 23.6. The van der Waals surface area contributed by atoms with Crippen LogP contribution >= 0.6 is 34.5 Å². The molecule has 1 heterocycles. The highest BCUT2D eigenvalue weighted by molar-refractivity contribution is 7.92. The molecule has 6 nitrogen and oxygen atoms in total. The minimum absolute atomic E-state index is 0.0786. The fraction of sp³-hybridized carbons (Fsp3) is 0. The maximum atomic E-state index is 13.0. The average molecular weight is 522 g/mol. The standard InChI is InChI=1S/C22H14Cl2FN3O3S2/c23-14-3-10-19(24)18(11-14)20-12-32-22(26-20)27-21(29)13-1-6-16(7-2-13)28-33(30,31)17-8-4-15(25)5-9-17/h1-12,28H,(H,26,27,29). The molecule has 0 saturated carbocycles. The van der Waals surface area contributed by atoms with Crippen LogP contribution in [0.4, 0.5) is 15.2 Å². The number of hydrogen-bond donors (Lipinski definition) is 2. The zero-order valence-electron chi connectivity index (χ0n) is 16.6. The predicted molar refractivity (Wildman–Crippen MR) is 129 cm³/mol. The van der Waals surface area contributed by atoms with Crippen LogP contribution in [0.5, 0.6) is 0 Å². The molecule has 0 aliphatic heterocycles. The summed E-state index contributed by atoms with van der Waals surface area (Å²) in [5, 5.41) is 5.82. The molecule has 4 aromatic rings. The van der Waals surface area contributed by atoms with Gasteiger partial charge in [0.25, 0.3) is 15.9 Å². The number of halogens is 3. The Bertz CT molecular complexity index is 1420. The molecule has 0 bridgehead atoms. The number of nitrogens with zero attached hydrogens (tertiary/aromatic N) is 1. The molecule has 1 amide bonds. The second-order valence-electron chi connectivity index (χ2n) is 6.75. The van der Waals surface area contributed by atoms with Gasteiger partial charge >= 0.3 is 0 Å². The zero-order valence-corrected chi connectivity index (χ0v) is 19.7. The van der Waals surface area contributed by atoms with Crippen LogP contribution in [0.2, 0.25) is 10.0 Å². The van der Waals surface area contributed by atoms with E-state index in [1.165, 1.54) is 47.7 Å². The summed E-state index contributed by atoms with van der Waals surface area (Å²) in [5.74, 6) is -0.951. The van der Waals surface area contributed by atoms with Gasteiger partial charge in [-0.05, 0) is 66.7 Å². The minimum Gasteiger partial charge on any atom is -0.298 e. The molecule has 0 unspecified atom stereocenters. The first-order chi connectivity index (χ1) is 15.7. The normalized spacial score (nSPS) is 11.2. The van der Waals surface area contributed by atoms with Gasteiger partial charge in [-0.25, -0.2) is 17.8 Å². The number of amides is 1. The van der Waals surface area contributed by atoms with Crippen molar-refractivity contribution in [2.45, 2.75) is 4.90 Å². The molecule has 0 saturated heterocycles. The summed E-state index contributed by atoms with van der Waals surface area (Å²) < 4.78 is 40.2. The Morgan fingerprint density at radius 3 is 2.36 bits per heavy atom. The lowest BCUT2D eigenvalue weighted by atomic mass is 10.2. The fourth-order valence-electron chi connectivity index (χ4n) is 2.84. The third-order valence-electron chi connectivity index (χ3n) is 4.45. The first-order valence-electron chi connectivity index (χ1n) is 9.32. The number of carbonyl (C=O) groups excluding carboxylic acids is 1. The van der Waals surface area contributed by atoms with E-state index in [4.69, 9.17) is 23.2 Å². The maximum absolute atomic E-state index is 13.0. The van der Waals surface area contributed by atoms with Crippen LogP contribution in [0.3, 0.4) is 0 Å². The van der Waals surface area contributed by atoms with Gasteiger partial charge in [0.2, 0.25) is 0 Å². The summed E-state index contributed by atoms with van der Waals surface area (Å²) in [5.41, 5.74) is 1.78. The topological polar surface area (TPSA) is 88.2 Å². The van der Waals surface area contributed by atoms with Crippen molar-refractivity contribution in [2.75, 3.05) is 10.0 Å². The van der Waals surface area contributed by atoms with E-state index < -0.39 is 21.7 Å². The Kier molecular flexibility index (Phi) is 6.66. The molecule has 4 rings (SSSR count). The Balaban J connectivity index is 1.44. The molecule has 0 aliphatic rings. The smallest absolute Gasteiger partial charge is 0.261 e. The first-order valence-corrected chi connectivity index (χ1v) is 12.4. The molecular formula is C22H14Cl2FN3O3S2. The molecule has 0 atom stereocenters. The van der Waals surface area contributed by atoms with Gasteiger partial charge in [-0.15, -0.1) is 11.3 Å². The lowest BCUT2D eigenvalue weighted by Crippen LogP contribution is -2.14. The monoisotopic (exact) mass is 521 g/mol. The van der Waals surface area contributed by atoms with E-state index in [9.17, 15) is 17.6 Å². The third-order valence-corrected chi connectivity index (χ3v) is 7.17. The second kappa shape index (κ2) is 9.48. The molecule has 33 heavy (non-hydrogen) atoms. The van der Waals surface area contributed by atoms with Gasteiger partial charge in [0.05, 0.1) is 15.6 Å². The number of rotatable bonds is 6. The van der Waals surface area contributed by atoms with Crippen molar-refractivity contribution < 1.29 is 17.6 Å². The number of benzene rings is 3. The van der Waals surface area contributed by atoms with Gasteiger partial charge < -0.3 is 0 Å². The van der Waals surface area contributed by atoms with E-state index in [0.717, 1.165) is 12.1 Å². The molecule has 2 N–H and O–H groups in total. The van der Waals surface area contributed by atoms with E-state index >= 15 is 0 Å². The Labute approximate surface area is 203 Å². The maximum Gasteiger partial charge on any atom is 0.261 e. The molecule has 168 valence electrons. The lowest BCUT2D eigenvalue weighted by Gasteiger charge is -2.09. The van der Waals surface area contributed by atoms with Crippen LogP contribution < -0.4 is 10.0 Å². The average Bonchev–Trinajstić information content (AvgIpc) is 3.24. The highest BCUT2D eigenvalue weighted by Crippen LogP contribution is 2.32. The molecule has 11 heteroatoms. The van der Waals surface area contributed by atoms with Gasteiger partial charge in [0.1, 0.15) is 5.82 Å². The van der Waals surface area contributed by atoms with Crippen molar-refractivity contribution >= 4 is 61.3 Å². The van der Waals surface area contributed by atoms with Crippen molar-refractivity contribution in [3.63, 3.8) is 0 Å². The van der Waals surface area contributed by atoms with E-state index in [2.05, 4.69) is 15.0 Å². The largest absolute Gasteiger partial charge is 0.298 e. The van der Waals surface area contributed by atoms with Gasteiger partial charge in [-0.3, -0.25) is 14.8 Å². The van der Waals surface area contributed by atoms with Crippen molar-refractivity contribution in [1.82, 2.24) is 4.98 Å². The number of hydrogen-bond acceptors (Lipinski definition) is 5. The second-order valence-corrected chi connectivity index (χ2v) is 10.1. The number of carbonyl (C=O) groups is 1. The van der Waals surface area contributed by atoms with Crippen molar-refractivity contribution in [3.05, 3.63) is 93.5 Å². The van der Waals surface area contributed by atoms with E-state index in [-0.39, 0.29) is 10.6 Å². The molecule has 3 aromatic carbocycles. The summed E-state index contributed by atoms with van der Waals surface area (Å²) in [7, 11) is -3.89. The van der Waals surface area contributed by atoms with Crippen LogP contribution in [-0.4, -0.2) is 19.3 Å². The summed E-state index contributed by atoms with van der Waals surface area (Å²) in [6, 6.07) is 15.3. The Morgan fingerprint density at radius 2 is 1.67 bits per heavy atom. The highest BCUT2D eigenvalue weighted by Gasteiger charge is 2.16. The summed E-state index contributed by atoms with van der Waals surface area (Å²) in [6.07, 6.45) is 0. The van der Waals surface area contributed by atoms with Crippen LogP contribution in [0.15, 0.2) is 77.0 Å². The summed E-state index contributed by atoms with van der Waals surface area (Å²) in [6.45, 7) is 0. The van der Waals surface area contributed by atoms with E-state index in [0.29, 0.717) is 32.0 Å². The molecule has 0 spiro atoms. The van der Waals surface area contributed by atoms with Crippen molar-refractivity contribution in [2.24, 2.45) is 0 Å². The molecule has 0 radical (unpaired) electrons. The van der Waals surface area contributed by atoms with E-state index in [1.54, 1.807) is 23.6 Å². The van der Waals surface area contributed by atoms with Crippen molar-refractivity contribution in [1.29, 1.82) is 0 Å². The SMILES string of the molecule is O=C(Nc1nc(-c2cc(Cl)ccc2Cl)cs1)c1ccc(NS(=O)(=O)c2ccc(F)cc2)cc1. The number of nitrogens with one attached hydrogen (secondary N) is 2. The lowest BCUT2D eigenvalue weighted by molar-refractivity contribution is 0.102. The van der Waals surface area contributed by atoms with Gasteiger partial charge in [-0.1, -0.05) is 23.2 Å². The van der Waals surface area contributed by atoms with Gasteiger partial charge in [0.15, 0.2) is 5.13 Å². The predicted octanol–water partition coefficient (Wildman–Crippen LogP) is 6.31. The minimum atomic E-state index is -3.89. The molecule has 1 aromatic heterocycles. The van der Waals surface area contributed by atoms with Crippen molar-refractivity contribution in [3.8, 4) is 11.3 Å². The highest BCUT2D eigenvalue weighted by atomic mass is 35.5. The van der Waals surface area contributed by atoms with Crippen LogP contribution in [0.1, 0.15) is 10.4 Å².